The number of hydrogen-bond donors (Lipinski definition) is 1. The van der Waals surface area contributed by atoms with Gasteiger partial charge in [-0.15, -0.1) is 0 Å². The van der Waals surface area contributed by atoms with Crippen LogP contribution in [0.3, 0.4) is 0 Å². The van der Waals surface area contributed by atoms with Gasteiger partial charge in [-0.3, -0.25) is 10.1 Å². The van der Waals surface area contributed by atoms with Crippen LogP contribution in [0.2, 0.25) is 0 Å². The molecule has 1 heterocycles. The monoisotopic (exact) mass is 450 g/mol. The van der Waals surface area contributed by atoms with Gasteiger partial charge in [-0.25, -0.2) is 0 Å². The van der Waals surface area contributed by atoms with Gasteiger partial charge in [0.2, 0.25) is 0 Å². The lowest BCUT2D eigenvalue weighted by Crippen LogP contribution is -2.31. The van der Waals surface area contributed by atoms with Gasteiger partial charge in [0, 0.05) is 6.54 Å². The highest BCUT2D eigenvalue weighted by molar-refractivity contribution is 5.59. The molecule has 0 radical (unpaired) electrons. The molecule has 1 aliphatic heterocycles. The zero-order valence-electron chi connectivity index (χ0n) is 18.8. The van der Waals surface area contributed by atoms with Crippen LogP contribution in [0.4, 0.5) is 5.69 Å². The van der Waals surface area contributed by atoms with Crippen LogP contribution >= 0.6 is 0 Å². The molecule has 33 heavy (non-hydrogen) atoms. The number of fused-ring (bicyclic) bond motifs is 1. The number of nitrogens with zero attached hydrogens (tertiary/aromatic N) is 1. The maximum absolute atomic E-state index is 11.9. The second kappa shape index (κ2) is 9.79. The highest BCUT2D eigenvalue weighted by atomic mass is 16.6. The number of hydrogen-bond acceptors (Lipinski definition) is 7. The summed E-state index contributed by atoms with van der Waals surface area (Å²) in [6, 6.07) is 16.4. The summed E-state index contributed by atoms with van der Waals surface area (Å²) in [5, 5.41) is 15.3. The fraction of sp³-hybridized carbons (Fsp3) is 0.280. The maximum Gasteiger partial charge on any atom is 0.278 e. The van der Waals surface area contributed by atoms with Crippen molar-refractivity contribution in [2.75, 3.05) is 27.9 Å². The van der Waals surface area contributed by atoms with E-state index in [1.165, 1.54) is 20.3 Å². The molecular formula is C25H26N2O6. The standard InChI is InChI=1S/C25H26N2O6/c1-30-21-11-17-9-10-26-25(18(17)12-24(21)33-15-16-7-5-4-6-8-16)19-13-22(31-2)23(32-3)14-20(19)27(28)29/h4-8,11-14,25-26H,9-10,15H2,1-3H3. The van der Waals surface area contributed by atoms with Crippen LogP contribution in [0.25, 0.3) is 0 Å². The molecule has 0 amide bonds. The summed E-state index contributed by atoms with van der Waals surface area (Å²) in [5.74, 6) is 1.95. The van der Waals surface area contributed by atoms with Crippen LogP contribution in [0.1, 0.15) is 28.3 Å². The Morgan fingerprint density at radius 3 is 2.21 bits per heavy atom. The predicted octanol–water partition coefficient (Wildman–Crippen LogP) is 4.43. The minimum absolute atomic E-state index is 0.0411. The van der Waals surface area contributed by atoms with E-state index in [0.717, 1.165) is 23.1 Å². The zero-order valence-corrected chi connectivity index (χ0v) is 18.8. The molecule has 1 atom stereocenters. The summed E-state index contributed by atoms with van der Waals surface area (Å²) in [6.07, 6.45) is 0.766. The van der Waals surface area contributed by atoms with E-state index in [2.05, 4.69) is 5.32 Å². The van der Waals surface area contributed by atoms with Gasteiger partial charge in [0.25, 0.3) is 5.69 Å². The molecular weight excluding hydrogens is 424 g/mol. The smallest absolute Gasteiger partial charge is 0.278 e. The van der Waals surface area contributed by atoms with E-state index < -0.39 is 11.0 Å². The van der Waals surface area contributed by atoms with Crippen LogP contribution in [0.15, 0.2) is 54.6 Å². The SMILES string of the molecule is COc1cc(C2NCCc3cc(OC)c(OCc4ccccc4)cc32)c([N+](=O)[O-])cc1OC. The lowest BCUT2D eigenvalue weighted by atomic mass is 9.88. The van der Waals surface area contributed by atoms with Crippen molar-refractivity contribution in [1.29, 1.82) is 0 Å². The summed E-state index contributed by atoms with van der Waals surface area (Å²) in [4.78, 5) is 11.5. The van der Waals surface area contributed by atoms with Crippen molar-refractivity contribution in [1.82, 2.24) is 5.32 Å². The summed E-state index contributed by atoms with van der Waals surface area (Å²) < 4.78 is 22.4. The molecule has 0 bridgehead atoms. The van der Waals surface area contributed by atoms with Gasteiger partial charge >= 0.3 is 0 Å². The lowest BCUT2D eigenvalue weighted by molar-refractivity contribution is -0.385. The Morgan fingerprint density at radius 1 is 0.909 bits per heavy atom. The molecule has 0 aliphatic carbocycles. The van der Waals surface area contributed by atoms with Crippen molar-refractivity contribution in [2.45, 2.75) is 19.1 Å². The van der Waals surface area contributed by atoms with Crippen molar-refractivity contribution in [3.05, 3.63) is 87.0 Å². The number of ether oxygens (including phenoxy) is 4. The minimum Gasteiger partial charge on any atom is -0.493 e. The van der Waals surface area contributed by atoms with E-state index in [4.69, 9.17) is 18.9 Å². The molecule has 8 nitrogen and oxygen atoms in total. The fourth-order valence-corrected chi connectivity index (χ4v) is 4.12. The van der Waals surface area contributed by atoms with Gasteiger partial charge in [-0.05, 0) is 41.3 Å². The van der Waals surface area contributed by atoms with E-state index in [9.17, 15) is 10.1 Å². The first kappa shape index (κ1) is 22.4. The van der Waals surface area contributed by atoms with E-state index in [1.54, 1.807) is 13.2 Å². The Balaban J connectivity index is 1.77. The van der Waals surface area contributed by atoms with Crippen molar-refractivity contribution in [3.63, 3.8) is 0 Å². The Bertz CT molecular complexity index is 1150. The topological polar surface area (TPSA) is 92.1 Å². The molecule has 3 aromatic carbocycles. The van der Waals surface area contributed by atoms with Crippen molar-refractivity contribution in [2.24, 2.45) is 0 Å². The third kappa shape index (κ3) is 4.56. The number of nitro groups is 1. The van der Waals surface area contributed by atoms with E-state index in [-0.39, 0.29) is 5.69 Å². The Kier molecular flexibility index (Phi) is 6.65. The Morgan fingerprint density at radius 2 is 1.55 bits per heavy atom. The van der Waals surface area contributed by atoms with Gasteiger partial charge in [0.1, 0.15) is 6.61 Å². The van der Waals surface area contributed by atoms with E-state index in [0.29, 0.717) is 41.7 Å². The van der Waals surface area contributed by atoms with Crippen LogP contribution in [-0.2, 0) is 13.0 Å². The number of benzene rings is 3. The van der Waals surface area contributed by atoms with Crippen molar-refractivity contribution in [3.8, 4) is 23.0 Å². The molecule has 0 saturated carbocycles. The first-order chi connectivity index (χ1) is 16.0. The molecule has 4 rings (SSSR count). The quantitative estimate of drug-likeness (QED) is 0.401. The molecule has 0 aromatic heterocycles. The van der Waals surface area contributed by atoms with Crippen LogP contribution < -0.4 is 24.3 Å². The number of rotatable bonds is 8. The fourth-order valence-electron chi connectivity index (χ4n) is 4.12. The Labute approximate surface area is 192 Å². The second-order valence-corrected chi connectivity index (χ2v) is 7.64. The molecule has 1 unspecified atom stereocenters. The van der Waals surface area contributed by atoms with Gasteiger partial charge < -0.3 is 24.3 Å². The normalized spacial score (nSPS) is 14.8. The number of nitro benzene ring substituents is 1. The number of methoxy groups -OCH3 is 3. The summed E-state index contributed by atoms with van der Waals surface area (Å²) >= 11 is 0. The molecule has 3 aromatic rings. The summed E-state index contributed by atoms with van der Waals surface area (Å²) in [7, 11) is 4.57. The minimum atomic E-state index is -0.418. The third-order valence-electron chi connectivity index (χ3n) is 5.76. The Hall–Kier alpha value is -3.78. The van der Waals surface area contributed by atoms with Gasteiger partial charge in [0.05, 0.1) is 43.9 Å². The zero-order chi connectivity index (χ0) is 23.4. The van der Waals surface area contributed by atoms with Gasteiger partial charge in [-0.1, -0.05) is 30.3 Å². The van der Waals surface area contributed by atoms with E-state index in [1.807, 2.05) is 42.5 Å². The van der Waals surface area contributed by atoms with Crippen molar-refractivity contribution >= 4 is 5.69 Å². The van der Waals surface area contributed by atoms with Crippen LogP contribution in [0, 0.1) is 10.1 Å². The van der Waals surface area contributed by atoms with Gasteiger partial charge in [-0.2, -0.15) is 0 Å². The molecule has 1 N–H and O–H groups in total. The van der Waals surface area contributed by atoms with E-state index >= 15 is 0 Å². The molecule has 0 fully saturated rings. The third-order valence-corrected chi connectivity index (χ3v) is 5.76. The first-order valence-electron chi connectivity index (χ1n) is 10.6. The highest BCUT2D eigenvalue weighted by Gasteiger charge is 2.31. The largest absolute Gasteiger partial charge is 0.493 e. The molecule has 1 aliphatic rings. The number of nitrogens with one attached hydrogen (secondary N) is 1. The van der Waals surface area contributed by atoms with Crippen LogP contribution in [-0.4, -0.2) is 32.8 Å². The second-order valence-electron chi connectivity index (χ2n) is 7.64. The maximum atomic E-state index is 11.9. The molecule has 0 saturated heterocycles. The van der Waals surface area contributed by atoms with Crippen LogP contribution in [0.5, 0.6) is 23.0 Å². The van der Waals surface area contributed by atoms with Gasteiger partial charge in [0.15, 0.2) is 23.0 Å². The average molecular weight is 450 g/mol. The predicted molar refractivity (Wildman–Crippen MR) is 124 cm³/mol. The van der Waals surface area contributed by atoms with Crippen molar-refractivity contribution < 1.29 is 23.9 Å². The highest BCUT2D eigenvalue weighted by Crippen LogP contribution is 2.43. The summed E-state index contributed by atoms with van der Waals surface area (Å²) in [5.41, 5.74) is 3.44. The molecule has 8 heteroatoms. The lowest BCUT2D eigenvalue weighted by Gasteiger charge is -2.29. The first-order valence-corrected chi connectivity index (χ1v) is 10.6. The summed E-state index contributed by atoms with van der Waals surface area (Å²) in [6.45, 7) is 1.04. The molecule has 172 valence electrons. The molecule has 0 spiro atoms. The average Bonchev–Trinajstić information content (AvgIpc) is 2.86.